The molecule has 0 spiro atoms. The maximum Gasteiger partial charge on any atom is 0.169 e. The van der Waals surface area contributed by atoms with Crippen LogP contribution in [0.25, 0.3) is 17.0 Å². The van der Waals surface area contributed by atoms with E-state index in [2.05, 4.69) is 10.2 Å². The first kappa shape index (κ1) is 11.0. The molecule has 1 aromatic carbocycles. The Bertz CT molecular complexity index is 708. The average Bonchev–Trinajstić information content (AvgIpc) is 2.82. The highest BCUT2D eigenvalue weighted by Crippen LogP contribution is 2.27. The lowest BCUT2D eigenvalue weighted by atomic mass is 10.2. The largest absolute Gasteiger partial charge is 0.497 e. The van der Waals surface area contributed by atoms with Gasteiger partial charge >= 0.3 is 0 Å². The Morgan fingerprint density at radius 2 is 2.00 bits per heavy atom. The van der Waals surface area contributed by atoms with Crippen molar-refractivity contribution in [1.82, 2.24) is 14.6 Å². The van der Waals surface area contributed by atoms with Gasteiger partial charge in [0.05, 0.1) is 12.1 Å². The third-order valence-corrected chi connectivity index (χ3v) is 3.06. The summed E-state index contributed by atoms with van der Waals surface area (Å²) in [5.41, 5.74) is 1.58. The van der Waals surface area contributed by atoms with Crippen molar-refractivity contribution < 1.29 is 4.74 Å². The summed E-state index contributed by atoms with van der Waals surface area (Å²) in [7, 11) is 1.62. The SMILES string of the molecule is COc1ccn2c(-c3ccccc3Cl)nnc2c1. The van der Waals surface area contributed by atoms with Crippen molar-refractivity contribution in [3.8, 4) is 17.1 Å². The summed E-state index contributed by atoms with van der Waals surface area (Å²) in [4.78, 5) is 0. The molecule has 3 rings (SSSR count). The standard InChI is InChI=1S/C13H10ClN3O/c1-18-9-6-7-17-12(8-9)15-16-13(17)10-4-2-3-5-11(10)14/h2-8H,1H3. The molecule has 0 radical (unpaired) electrons. The van der Waals surface area contributed by atoms with Crippen LogP contribution in [0.4, 0.5) is 0 Å². The van der Waals surface area contributed by atoms with Crippen LogP contribution in [0.5, 0.6) is 5.75 Å². The van der Waals surface area contributed by atoms with Crippen LogP contribution >= 0.6 is 11.6 Å². The van der Waals surface area contributed by atoms with Gasteiger partial charge in [-0.15, -0.1) is 10.2 Å². The summed E-state index contributed by atoms with van der Waals surface area (Å²) in [5, 5.41) is 8.95. The van der Waals surface area contributed by atoms with Crippen molar-refractivity contribution in [2.75, 3.05) is 7.11 Å². The molecule has 5 heteroatoms. The Labute approximate surface area is 109 Å². The lowest BCUT2D eigenvalue weighted by Gasteiger charge is -2.03. The van der Waals surface area contributed by atoms with E-state index < -0.39 is 0 Å². The van der Waals surface area contributed by atoms with Gasteiger partial charge in [0.2, 0.25) is 0 Å². The second kappa shape index (κ2) is 4.31. The maximum absolute atomic E-state index is 6.17. The number of ether oxygens (including phenoxy) is 1. The molecular formula is C13H10ClN3O. The van der Waals surface area contributed by atoms with Gasteiger partial charge in [0, 0.05) is 17.8 Å². The van der Waals surface area contributed by atoms with Gasteiger partial charge in [-0.2, -0.15) is 0 Å². The van der Waals surface area contributed by atoms with E-state index in [0.29, 0.717) is 5.02 Å². The van der Waals surface area contributed by atoms with Crippen LogP contribution in [0.1, 0.15) is 0 Å². The van der Waals surface area contributed by atoms with Gasteiger partial charge in [-0.05, 0) is 18.2 Å². The van der Waals surface area contributed by atoms with Crippen molar-refractivity contribution in [3.05, 3.63) is 47.6 Å². The van der Waals surface area contributed by atoms with E-state index in [4.69, 9.17) is 16.3 Å². The number of hydrogen-bond acceptors (Lipinski definition) is 3. The second-order valence-corrected chi connectivity index (χ2v) is 4.21. The van der Waals surface area contributed by atoms with E-state index in [1.165, 1.54) is 0 Å². The van der Waals surface area contributed by atoms with Gasteiger partial charge in [-0.1, -0.05) is 23.7 Å². The van der Waals surface area contributed by atoms with Crippen LogP contribution in [0, 0.1) is 0 Å². The van der Waals surface area contributed by atoms with Crippen LogP contribution in [-0.2, 0) is 0 Å². The minimum Gasteiger partial charge on any atom is -0.497 e. The molecule has 3 aromatic rings. The average molecular weight is 260 g/mol. The molecule has 0 amide bonds. The Morgan fingerprint density at radius 3 is 2.78 bits per heavy atom. The zero-order valence-electron chi connectivity index (χ0n) is 9.67. The molecule has 0 aliphatic rings. The normalized spacial score (nSPS) is 10.8. The number of hydrogen-bond donors (Lipinski definition) is 0. The number of rotatable bonds is 2. The van der Waals surface area contributed by atoms with Crippen LogP contribution in [-0.4, -0.2) is 21.7 Å². The first-order chi connectivity index (χ1) is 8.79. The molecule has 0 unspecified atom stereocenters. The van der Waals surface area contributed by atoms with Crippen LogP contribution in [0.15, 0.2) is 42.6 Å². The number of benzene rings is 1. The summed E-state index contributed by atoms with van der Waals surface area (Å²) in [5.74, 6) is 1.47. The van der Waals surface area contributed by atoms with Crippen molar-refractivity contribution in [3.63, 3.8) is 0 Å². The number of nitrogens with zero attached hydrogens (tertiary/aromatic N) is 3. The molecule has 0 bridgehead atoms. The van der Waals surface area contributed by atoms with E-state index in [-0.39, 0.29) is 0 Å². The fraction of sp³-hybridized carbons (Fsp3) is 0.0769. The van der Waals surface area contributed by atoms with Crippen molar-refractivity contribution in [2.24, 2.45) is 0 Å². The minimum atomic E-state index is 0.655. The fourth-order valence-corrected chi connectivity index (χ4v) is 2.05. The molecule has 0 saturated carbocycles. The summed E-state index contributed by atoms with van der Waals surface area (Å²) in [6.45, 7) is 0. The predicted molar refractivity (Wildman–Crippen MR) is 70.0 cm³/mol. The molecule has 4 nitrogen and oxygen atoms in total. The molecule has 0 aliphatic carbocycles. The Morgan fingerprint density at radius 1 is 1.17 bits per heavy atom. The third-order valence-electron chi connectivity index (χ3n) is 2.73. The highest BCUT2D eigenvalue weighted by atomic mass is 35.5. The molecule has 0 saturated heterocycles. The topological polar surface area (TPSA) is 39.4 Å². The predicted octanol–water partition coefficient (Wildman–Crippen LogP) is 3.06. The highest BCUT2D eigenvalue weighted by Gasteiger charge is 2.11. The van der Waals surface area contributed by atoms with E-state index in [0.717, 1.165) is 22.8 Å². The molecule has 0 N–H and O–H groups in total. The first-order valence-electron chi connectivity index (χ1n) is 5.43. The van der Waals surface area contributed by atoms with Crippen molar-refractivity contribution in [2.45, 2.75) is 0 Å². The quantitative estimate of drug-likeness (QED) is 0.710. The van der Waals surface area contributed by atoms with Gasteiger partial charge in [-0.3, -0.25) is 4.40 Å². The second-order valence-electron chi connectivity index (χ2n) is 3.80. The molecular weight excluding hydrogens is 250 g/mol. The lowest BCUT2D eigenvalue weighted by molar-refractivity contribution is 0.414. The number of pyridine rings is 1. The minimum absolute atomic E-state index is 0.655. The fourth-order valence-electron chi connectivity index (χ4n) is 1.83. The Hall–Kier alpha value is -2.07. The first-order valence-corrected chi connectivity index (χ1v) is 5.81. The van der Waals surface area contributed by atoms with Gasteiger partial charge in [0.25, 0.3) is 0 Å². The van der Waals surface area contributed by atoms with E-state index in [9.17, 15) is 0 Å². The van der Waals surface area contributed by atoms with Crippen molar-refractivity contribution in [1.29, 1.82) is 0 Å². The Balaban J connectivity index is 2.22. The molecule has 90 valence electrons. The van der Waals surface area contributed by atoms with Crippen LogP contribution in [0.2, 0.25) is 5.02 Å². The zero-order chi connectivity index (χ0) is 12.5. The summed E-state index contributed by atoms with van der Waals surface area (Å²) in [6.07, 6.45) is 1.87. The molecule has 2 aromatic heterocycles. The van der Waals surface area contributed by atoms with Crippen LogP contribution in [0.3, 0.4) is 0 Å². The third kappa shape index (κ3) is 1.71. The molecule has 0 fully saturated rings. The molecule has 2 heterocycles. The number of fused-ring (bicyclic) bond motifs is 1. The highest BCUT2D eigenvalue weighted by molar-refractivity contribution is 6.33. The molecule has 0 aliphatic heterocycles. The van der Waals surface area contributed by atoms with Crippen molar-refractivity contribution >= 4 is 17.2 Å². The van der Waals surface area contributed by atoms with Crippen LogP contribution < -0.4 is 4.74 Å². The number of methoxy groups -OCH3 is 1. The van der Waals surface area contributed by atoms with E-state index in [1.54, 1.807) is 7.11 Å². The van der Waals surface area contributed by atoms with Gasteiger partial charge in [0.1, 0.15) is 5.75 Å². The maximum atomic E-state index is 6.17. The van der Waals surface area contributed by atoms with E-state index >= 15 is 0 Å². The van der Waals surface area contributed by atoms with E-state index in [1.807, 2.05) is 47.0 Å². The number of aromatic nitrogens is 3. The monoisotopic (exact) mass is 259 g/mol. The summed E-state index contributed by atoms with van der Waals surface area (Å²) < 4.78 is 7.03. The van der Waals surface area contributed by atoms with Gasteiger partial charge in [-0.25, -0.2) is 0 Å². The lowest BCUT2D eigenvalue weighted by Crippen LogP contribution is -1.91. The summed E-state index contributed by atoms with van der Waals surface area (Å²) >= 11 is 6.17. The van der Waals surface area contributed by atoms with Gasteiger partial charge < -0.3 is 4.74 Å². The molecule has 0 atom stereocenters. The zero-order valence-corrected chi connectivity index (χ0v) is 10.4. The summed E-state index contributed by atoms with van der Waals surface area (Å²) in [6, 6.07) is 11.2. The smallest absolute Gasteiger partial charge is 0.169 e. The van der Waals surface area contributed by atoms with Gasteiger partial charge in [0.15, 0.2) is 11.5 Å². The Kier molecular flexibility index (Phi) is 2.64. The number of halogens is 1. The molecule has 18 heavy (non-hydrogen) atoms.